The van der Waals surface area contributed by atoms with E-state index < -0.39 is 12.0 Å². The van der Waals surface area contributed by atoms with Gasteiger partial charge in [-0.25, -0.2) is 4.98 Å². The lowest BCUT2D eigenvalue weighted by Crippen LogP contribution is -2.33. The van der Waals surface area contributed by atoms with Crippen LogP contribution in [0.1, 0.15) is 26.0 Å². The lowest BCUT2D eigenvalue weighted by atomic mass is 10.1. The molecule has 1 aromatic rings. The number of nitrogens with zero attached hydrogens (tertiary/aromatic N) is 2. The third-order valence-corrected chi connectivity index (χ3v) is 2.58. The Morgan fingerprint density at radius 3 is 2.63 bits per heavy atom. The van der Waals surface area contributed by atoms with Crippen LogP contribution in [-0.4, -0.2) is 28.7 Å². The van der Waals surface area contributed by atoms with Gasteiger partial charge in [0, 0.05) is 19.2 Å². The summed E-state index contributed by atoms with van der Waals surface area (Å²) < 4.78 is 6.60. The van der Waals surface area contributed by atoms with Gasteiger partial charge < -0.3 is 15.0 Å². The second kappa shape index (κ2) is 10.1. The number of hydrogen-bond donors (Lipinski definition) is 1. The Morgan fingerprint density at radius 1 is 1.47 bits per heavy atom. The van der Waals surface area contributed by atoms with Gasteiger partial charge in [0.05, 0.1) is 19.1 Å². The number of imidazole rings is 1. The fraction of sp³-hybridized carbons (Fsp3) is 0.667. The molecule has 0 saturated heterocycles. The second-order valence-corrected chi connectivity index (χ2v) is 4.62. The summed E-state index contributed by atoms with van der Waals surface area (Å²) in [5.74, 6) is 0.264. The number of aromatic nitrogens is 2. The van der Waals surface area contributed by atoms with Crippen LogP contribution in [0.3, 0.4) is 0 Å². The first-order chi connectivity index (χ1) is 8.02. The average molecular weight is 312 g/mol. The van der Waals surface area contributed by atoms with Crippen molar-refractivity contribution in [2.75, 3.05) is 7.11 Å². The van der Waals surface area contributed by atoms with Crippen LogP contribution in [0.25, 0.3) is 0 Å². The third-order valence-electron chi connectivity index (χ3n) is 2.58. The van der Waals surface area contributed by atoms with Gasteiger partial charge in [-0.05, 0) is 12.3 Å². The zero-order chi connectivity index (χ0) is 12.8. The van der Waals surface area contributed by atoms with Gasteiger partial charge >= 0.3 is 5.97 Å². The van der Waals surface area contributed by atoms with E-state index in [-0.39, 0.29) is 24.8 Å². The minimum atomic E-state index is -0.631. The zero-order valence-electron chi connectivity index (χ0n) is 11.5. The molecule has 0 spiro atoms. The Labute approximate surface area is 126 Å². The Hall–Kier alpha value is -0.780. The highest BCUT2D eigenvalue weighted by Gasteiger charge is 2.15. The number of nitrogens with two attached hydrogens (primary N) is 1. The summed E-state index contributed by atoms with van der Waals surface area (Å²) >= 11 is 0. The highest BCUT2D eigenvalue weighted by Crippen LogP contribution is 2.05. The molecule has 0 aromatic carbocycles. The Bertz CT molecular complexity index is 370. The molecule has 1 atom stereocenters. The molecule has 0 saturated carbocycles. The van der Waals surface area contributed by atoms with E-state index in [2.05, 4.69) is 23.6 Å². The van der Waals surface area contributed by atoms with E-state index in [0.29, 0.717) is 12.3 Å². The van der Waals surface area contributed by atoms with Crippen LogP contribution in [0, 0.1) is 5.92 Å². The quantitative estimate of drug-likeness (QED) is 0.813. The number of ether oxygens (including phenoxy) is 1. The molecular weight excluding hydrogens is 289 g/mol. The molecule has 112 valence electrons. The minimum absolute atomic E-state index is 0. The van der Waals surface area contributed by atoms with Crippen molar-refractivity contribution in [3.63, 3.8) is 0 Å². The van der Waals surface area contributed by atoms with Gasteiger partial charge in [0.1, 0.15) is 6.04 Å². The molecule has 7 heteroatoms. The van der Waals surface area contributed by atoms with E-state index >= 15 is 0 Å². The van der Waals surface area contributed by atoms with Crippen LogP contribution in [0.2, 0.25) is 0 Å². The molecule has 19 heavy (non-hydrogen) atoms. The smallest absolute Gasteiger partial charge is 0.323 e. The monoisotopic (exact) mass is 311 g/mol. The summed E-state index contributed by atoms with van der Waals surface area (Å²) in [6, 6.07) is -0.631. The molecule has 1 aromatic heterocycles. The Balaban J connectivity index is 0. The summed E-state index contributed by atoms with van der Waals surface area (Å²) in [6.45, 7) is 5.31. The average Bonchev–Trinajstić information content (AvgIpc) is 2.73. The van der Waals surface area contributed by atoms with E-state index in [1.807, 2.05) is 10.8 Å². The molecule has 0 radical (unpaired) electrons. The number of esters is 1. The maximum Gasteiger partial charge on any atom is 0.323 e. The molecule has 0 aliphatic heterocycles. The van der Waals surface area contributed by atoms with Crippen LogP contribution in [-0.2, 0) is 22.5 Å². The maximum atomic E-state index is 11.2. The van der Waals surface area contributed by atoms with Crippen molar-refractivity contribution < 1.29 is 9.53 Å². The van der Waals surface area contributed by atoms with Crippen molar-refractivity contribution in [2.45, 2.75) is 39.3 Å². The highest BCUT2D eigenvalue weighted by atomic mass is 35.5. The fourth-order valence-electron chi connectivity index (χ4n) is 1.50. The molecule has 2 N–H and O–H groups in total. The molecule has 0 fully saturated rings. The zero-order valence-corrected chi connectivity index (χ0v) is 13.2. The Kier molecular flexibility index (Phi) is 10.9. The second-order valence-electron chi connectivity index (χ2n) is 4.62. The SMILES string of the molecule is COC(=O)[C@@H](N)Cc1cn(CCC(C)C)cn1.Cl.Cl. The molecule has 5 nitrogen and oxygen atoms in total. The van der Waals surface area contributed by atoms with Gasteiger partial charge in [-0.15, -0.1) is 24.8 Å². The number of rotatable bonds is 6. The molecule has 1 rings (SSSR count). The van der Waals surface area contributed by atoms with E-state index in [1.165, 1.54) is 7.11 Å². The van der Waals surface area contributed by atoms with Crippen molar-refractivity contribution in [3.05, 3.63) is 18.2 Å². The summed E-state index contributed by atoms with van der Waals surface area (Å²) in [4.78, 5) is 15.4. The van der Waals surface area contributed by atoms with Crippen LogP contribution in [0.4, 0.5) is 0 Å². The summed E-state index contributed by atoms with van der Waals surface area (Å²) in [7, 11) is 1.34. The van der Waals surface area contributed by atoms with E-state index in [0.717, 1.165) is 18.7 Å². The van der Waals surface area contributed by atoms with Crippen LogP contribution < -0.4 is 5.73 Å². The summed E-state index contributed by atoms with van der Waals surface area (Å²) in [5, 5.41) is 0. The van der Waals surface area contributed by atoms with Crippen molar-refractivity contribution in [2.24, 2.45) is 11.7 Å². The van der Waals surface area contributed by atoms with Gasteiger partial charge in [0.25, 0.3) is 0 Å². The summed E-state index contributed by atoms with van der Waals surface area (Å²) in [5.41, 5.74) is 6.49. The molecule has 1 heterocycles. The predicted octanol–water partition coefficient (Wildman–Crippen LogP) is 1.82. The van der Waals surface area contributed by atoms with Crippen molar-refractivity contribution in [1.29, 1.82) is 0 Å². The van der Waals surface area contributed by atoms with E-state index in [9.17, 15) is 4.79 Å². The van der Waals surface area contributed by atoms with Crippen molar-refractivity contribution in [3.8, 4) is 0 Å². The van der Waals surface area contributed by atoms with Gasteiger partial charge in [-0.1, -0.05) is 13.8 Å². The van der Waals surface area contributed by atoms with Crippen molar-refractivity contribution in [1.82, 2.24) is 9.55 Å². The molecule has 0 amide bonds. The Morgan fingerprint density at radius 2 is 2.11 bits per heavy atom. The van der Waals surface area contributed by atoms with E-state index in [4.69, 9.17) is 5.73 Å². The van der Waals surface area contributed by atoms with Crippen LogP contribution in [0.5, 0.6) is 0 Å². The highest BCUT2D eigenvalue weighted by molar-refractivity contribution is 5.85. The number of carbonyl (C=O) groups excluding carboxylic acids is 1. The first kappa shape index (κ1) is 20.5. The molecule has 0 aliphatic rings. The third kappa shape index (κ3) is 7.40. The number of carbonyl (C=O) groups is 1. The molecule has 0 aliphatic carbocycles. The standard InChI is InChI=1S/C12H21N3O2.2ClH/c1-9(2)4-5-15-7-10(14-8-15)6-11(13)12(16)17-3;;/h7-9,11H,4-6,13H2,1-3H3;2*1H/t11-;;/m0../s1. The number of aryl methyl sites for hydroxylation is 1. The lowest BCUT2D eigenvalue weighted by Gasteiger charge is -2.06. The number of halogens is 2. The van der Waals surface area contributed by atoms with Gasteiger partial charge in [0.15, 0.2) is 0 Å². The van der Waals surface area contributed by atoms with E-state index in [1.54, 1.807) is 6.33 Å². The van der Waals surface area contributed by atoms with Gasteiger partial charge in [0.2, 0.25) is 0 Å². The molecule has 0 unspecified atom stereocenters. The fourth-order valence-corrected chi connectivity index (χ4v) is 1.50. The predicted molar refractivity (Wildman–Crippen MR) is 79.9 cm³/mol. The lowest BCUT2D eigenvalue weighted by molar-refractivity contribution is -0.142. The molecular formula is C12H23Cl2N3O2. The first-order valence-electron chi connectivity index (χ1n) is 5.87. The first-order valence-corrected chi connectivity index (χ1v) is 5.87. The number of hydrogen-bond acceptors (Lipinski definition) is 4. The molecule has 0 bridgehead atoms. The van der Waals surface area contributed by atoms with Crippen LogP contribution >= 0.6 is 24.8 Å². The van der Waals surface area contributed by atoms with Gasteiger partial charge in [-0.2, -0.15) is 0 Å². The minimum Gasteiger partial charge on any atom is -0.468 e. The largest absolute Gasteiger partial charge is 0.468 e. The topological polar surface area (TPSA) is 70.1 Å². The number of methoxy groups -OCH3 is 1. The van der Waals surface area contributed by atoms with Gasteiger partial charge in [-0.3, -0.25) is 4.79 Å². The van der Waals surface area contributed by atoms with Crippen LogP contribution in [0.15, 0.2) is 12.5 Å². The maximum absolute atomic E-state index is 11.2. The summed E-state index contributed by atoms with van der Waals surface area (Å²) in [6.07, 6.45) is 5.24. The normalized spacial score (nSPS) is 11.4. The van der Waals surface area contributed by atoms with Crippen molar-refractivity contribution >= 4 is 30.8 Å².